The molecule has 0 bridgehead atoms. The molecule has 0 fully saturated rings. The van der Waals surface area contributed by atoms with Gasteiger partial charge in [0, 0.05) is 36.0 Å². The summed E-state index contributed by atoms with van der Waals surface area (Å²) in [4.78, 5) is 16.0. The summed E-state index contributed by atoms with van der Waals surface area (Å²) in [5, 5.41) is 4.22. The Morgan fingerprint density at radius 1 is 1.14 bits per heavy atom. The molecule has 5 nitrogen and oxygen atoms in total. The van der Waals surface area contributed by atoms with Crippen LogP contribution in [0, 0.1) is 0 Å². The lowest BCUT2D eigenvalue weighted by molar-refractivity contribution is -0.121. The predicted octanol–water partition coefficient (Wildman–Crippen LogP) is 4.73. The van der Waals surface area contributed by atoms with Gasteiger partial charge in [-0.15, -0.1) is 0 Å². The van der Waals surface area contributed by atoms with Crippen LogP contribution in [0.2, 0.25) is 0 Å². The molecule has 5 heteroatoms. The smallest absolute Gasteiger partial charge is 0.231 e. The molecule has 0 aliphatic carbocycles. The summed E-state index contributed by atoms with van der Waals surface area (Å²) >= 11 is 0. The highest BCUT2D eigenvalue weighted by molar-refractivity contribution is 5.86. The molecule has 0 spiro atoms. The second-order valence-electron chi connectivity index (χ2n) is 7.22. The SMILES string of the molecule is CCCCCNC(=O)C[C@H](c1ccc2c(c1)OCO2)c1c[nH]c2ccccc12. The summed E-state index contributed by atoms with van der Waals surface area (Å²) in [6.45, 7) is 3.14. The van der Waals surface area contributed by atoms with E-state index in [2.05, 4.69) is 29.4 Å². The Morgan fingerprint density at radius 2 is 2.00 bits per heavy atom. The van der Waals surface area contributed by atoms with Crippen molar-refractivity contribution < 1.29 is 14.3 Å². The fourth-order valence-corrected chi connectivity index (χ4v) is 3.78. The maximum Gasteiger partial charge on any atom is 0.231 e. The van der Waals surface area contributed by atoms with Crippen LogP contribution in [0.3, 0.4) is 0 Å². The first-order chi connectivity index (χ1) is 13.8. The van der Waals surface area contributed by atoms with Crippen molar-refractivity contribution in [3.8, 4) is 11.5 Å². The van der Waals surface area contributed by atoms with Crippen LogP contribution in [-0.4, -0.2) is 24.2 Å². The van der Waals surface area contributed by atoms with Gasteiger partial charge in [0.1, 0.15) is 0 Å². The normalized spacial score (nSPS) is 13.6. The van der Waals surface area contributed by atoms with Gasteiger partial charge in [-0.3, -0.25) is 4.79 Å². The van der Waals surface area contributed by atoms with Crippen LogP contribution in [0.25, 0.3) is 10.9 Å². The first-order valence-electron chi connectivity index (χ1n) is 9.98. The minimum atomic E-state index is -0.0585. The van der Waals surface area contributed by atoms with Crippen molar-refractivity contribution in [2.45, 2.75) is 38.5 Å². The van der Waals surface area contributed by atoms with Crippen molar-refractivity contribution in [2.24, 2.45) is 0 Å². The Morgan fingerprint density at radius 3 is 2.89 bits per heavy atom. The highest BCUT2D eigenvalue weighted by Gasteiger charge is 2.24. The molecule has 28 heavy (non-hydrogen) atoms. The number of hydrogen-bond acceptors (Lipinski definition) is 3. The van der Waals surface area contributed by atoms with Crippen LogP contribution >= 0.6 is 0 Å². The van der Waals surface area contributed by atoms with E-state index in [-0.39, 0.29) is 18.6 Å². The van der Waals surface area contributed by atoms with Crippen LogP contribution in [0.15, 0.2) is 48.7 Å². The minimum Gasteiger partial charge on any atom is -0.454 e. The van der Waals surface area contributed by atoms with Crippen molar-refractivity contribution in [1.29, 1.82) is 0 Å². The molecule has 2 aromatic carbocycles. The van der Waals surface area contributed by atoms with E-state index in [1.54, 1.807) is 0 Å². The van der Waals surface area contributed by atoms with Crippen molar-refractivity contribution in [2.75, 3.05) is 13.3 Å². The van der Waals surface area contributed by atoms with Gasteiger partial charge in [0.2, 0.25) is 12.7 Å². The van der Waals surface area contributed by atoms with E-state index in [1.165, 1.54) is 0 Å². The van der Waals surface area contributed by atoms with Gasteiger partial charge in [0.25, 0.3) is 0 Å². The molecular weight excluding hydrogens is 352 g/mol. The monoisotopic (exact) mass is 378 g/mol. The molecule has 0 unspecified atom stereocenters. The molecule has 146 valence electrons. The summed E-state index contributed by atoms with van der Waals surface area (Å²) in [5.74, 6) is 1.51. The largest absolute Gasteiger partial charge is 0.454 e. The molecule has 3 aromatic rings. The second kappa shape index (κ2) is 8.38. The number of aromatic nitrogens is 1. The topological polar surface area (TPSA) is 63.4 Å². The van der Waals surface area contributed by atoms with E-state index in [0.717, 1.165) is 59.3 Å². The number of fused-ring (bicyclic) bond motifs is 2. The number of H-pyrrole nitrogens is 1. The number of aromatic amines is 1. The summed E-state index contributed by atoms with van der Waals surface area (Å²) < 4.78 is 11.0. The van der Waals surface area contributed by atoms with E-state index in [0.29, 0.717) is 6.42 Å². The molecule has 0 saturated heterocycles. The highest BCUT2D eigenvalue weighted by atomic mass is 16.7. The zero-order chi connectivity index (χ0) is 19.3. The second-order valence-corrected chi connectivity index (χ2v) is 7.22. The van der Waals surface area contributed by atoms with Crippen LogP contribution in [0.1, 0.15) is 49.7 Å². The van der Waals surface area contributed by atoms with Gasteiger partial charge < -0.3 is 19.8 Å². The fraction of sp³-hybridized carbons (Fsp3) is 0.348. The molecule has 2 heterocycles. The molecule has 0 radical (unpaired) electrons. The number of rotatable bonds is 8. The first-order valence-corrected chi connectivity index (χ1v) is 9.98. The lowest BCUT2D eigenvalue weighted by Gasteiger charge is -2.18. The number of benzene rings is 2. The van der Waals surface area contributed by atoms with Gasteiger partial charge in [0.15, 0.2) is 11.5 Å². The van der Waals surface area contributed by atoms with Crippen LogP contribution < -0.4 is 14.8 Å². The average molecular weight is 378 g/mol. The van der Waals surface area contributed by atoms with E-state index >= 15 is 0 Å². The summed E-state index contributed by atoms with van der Waals surface area (Å²) in [7, 11) is 0. The number of carbonyl (C=O) groups is 1. The van der Waals surface area contributed by atoms with Gasteiger partial charge in [0.05, 0.1) is 0 Å². The standard InChI is InChI=1S/C23H26N2O3/c1-2-3-6-11-24-23(26)13-18(16-9-10-21-22(12-16)28-15-27-21)19-14-25-20-8-5-4-7-17(19)20/h4-5,7-10,12,14,18,25H,2-3,6,11,13,15H2,1H3,(H,24,26)/t18-/m1/s1. The lowest BCUT2D eigenvalue weighted by atomic mass is 9.87. The number of para-hydroxylation sites is 1. The molecule has 4 rings (SSSR count). The Hall–Kier alpha value is -2.95. The fourth-order valence-electron chi connectivity index (χ4n) is 3.78. The molecule has 1 aliphatic rings. The van der Waals surface area contributed by atoms with Gasteiger partial charge in [-0.05, 0) is 35.7 Å². The summed E-state index contributed by atoms with van der Waals surface area (Å²) in [6, 6.07) is 14.2. The van der Waals surface area contributed by atoms with Gasteiger partial charge in [-0.25, -0.2) is 0 Å². The molecule has 1 amide bonds. The van der Waals surface area contributed by atoms with Crippen LogP contribution in [0.4, 0.5) is 0 Å². The van der Waals surface area contributed by atoms with E-state index in [1.807, 2.05) is 36.5 Å². The Balaban J connectivity index is 1.62. The maximum atomic E-state index is 12.7. The molecule has 1 aromatic heterocycles. The third kappa shape index (κ3) is 3.84. The lowest BCUT2D eigenvalue weighted by Crippen LogP contribution is -2.26. The quantitative estimate of drug-likeness (QED) is 0.557. The van der Waals surface area contributed by atoms with Crippen molar-refractivity contribution in [3.05, 3.63) is 59.8 Å². The third-order valence-corrected chi connectivity index (χ3v) is 5.29. The Kier molecular flexibility index (Phi) is 5.51. The summed E-state index contributed by atoms with van der Waals surface area (Å²) in [5.41, 5.74) is 3.25. The number of amides is 1. The van der Waals surface area contributed by atoms with Gasteiger partial charge in [-0.2, -0.15) is 0 Å². The number of nitrogens with one attached hydrogen (secondary N) is 2. The predicted molar refractivity (Wildman–Crippen MR) is 110 cm³/mol. The zero-order valence-electron chi connectivity index (χ0n) is 16.2. The number of ether oxygens (including phenoxy) is 2. The number of unbranched alkanes of at least 4 members (excludes halogenated alkanes) is 2. The number of hydrogen-bond donors (Lipinski definition) is 2. The minimum absolute atomic E-state index is 0.0585. The molecule has 0 saturated carbocycles. The highest BCUT2D eigenvalue weighted by Crippen LogP contribution is 2.39. The van der Waals surface area contributed by atoms with E-state index < -0.39 is 0 Å². The zero-order valence-corrected chi connectivity index (χ0v) is 16.2. The van der Waals surface area contributed by atoms with E-state index in [4.69, 9.17) is 9.47 Å². The molecular formula is C23H26N2O3. The maximum absolute atomic E-state index is 12.7. The third-order valence-electron chi connectivity index (χ3n) is 5.29. The van der Waals surface area contributed by atoms with Gasteiger partial charge in [-0.1, -0.05) is 44.0 Å². The summed E-state index contributed by atoms with van der Waals surface area (Å²) in [6.07, 6.45) is 5.71. The Labute approximate surface area is 165 Å². The average Bonchev–Trinajstić information content (AvgIpc) is 3.36. The first kappa shape index (κ1) is 18.4. The molecule has 1 aliphatic heterocycles. The van der Waals surface area contributed by atoms with Crippen molar-refractivity contribution >= 4 is 16.8 Å². The van der Waals surface area contributed by atoms with E-state index in [9.17, 15) is 4.79 Å². The van der Waals surface area contributed by atoms with Crippen LogP contribution in [0.5, 0.6) is 11.5 Å². The number of carbonyl (C=O) groups excluding carboxylic acids is 1. The molecule has 1 atom stereocenters. The van der Waals surface area contributed by atoms with Crippen molar-refractivity contribution in [3.63, 3.8) is 0 Å². The Bertz CT molecular complexity index is 963. The van der Waals surface area contributed by atoms with Crippen LogP contribution in [-0.2, 0) is 4.79 Å². The van der Waals surface area contributed by atoms with Crippen molar-refractivity contribution in [1.82, 2.24) is 10.3 Å². The van der Waals surface area contributed by atoms with Gasteiger partial charge >= 0.3 is 0 Å². The molecule has 2 N–H and O–H groups in total.